The number of hydrogen-bond acceptors (Lipinski definition) is 1. The molecule has 0 bridgehead atoms. The summed E-state index contributed by atoms with van der Waals surface area (Å²) in [7, 11) is -1.27. The van der Waals surface area contributed by atoms with Gasteiger partial charge in [-0.2, -0.15) is 0 Å². The zero-order valence-corrected chi connectivity index (χ0v) is 11.3. The fourth-order valence-electron chi connectivity index (χ4n) is 1.45. The maximum atomic E-state index is 13.6. The summed E-state index contributed by atoms with van der Waals surface area (Å²) in [6.45, 7) is 10.3. The third kappa shape index (κ3) is 3.06. The smallest absolute Gasteiger partial charge is 0.229 e. The summed E-state index contributed by atoms with van der Waals surface area (Å²) in [4.78, 5) is 0. The van der Waals surface area contributed by atoms with Gasteiger partial charge in [0, 0.05) is 5.56 Å². The summed E-state index contributed by atoms with van der Waals surface area (Å²) < 4.78 is 19.3. The molecular weight excluding hydrogens is 207 g/mol. The summed E-state index contributed by atoms with van der Waals surface area (Å²) >= 11 is 0. The average Bonchev–Trinajstić information content (AvgIpc) is 2.05. The quantitative estimate of drug-likeness (QED) is 0.701. The second-order valence-electron chi connectivity index (χ2n) is 5.03. The molecule has 1 nitrogen and oxygen atoms in total. The van der Waals surface area contributed by atoms with Gasteiger partial charge >= 0.3 is 0 Å². The van der Waals surface area contributed by atoms with E-state index in [-0.39, 0.29) is 11.2 Å². The Kier molecular flexibility index (Phi) is 3.55. The molecule has 0 saturated carbocycles. The fourth-order valence-corrected chi connectivity index (χ4v) is 2.17. The van der Waals surface area contributed by atoms with Crippen LogP contribution < -0.4 is 4.43 Å². The molecule has 0 aromatic heterocycles. The number of hydrogen-bond donors (Lipinski definition) is 0. The lowest BCUT2D eigenvalue weighted by Gasteiger charge is -2.24. The van der Waals surface area contributed by atoms with E-state index in [1.54, 1.807) is 6.07 Å². The van der Waals surface area contributed by atoms with Crippen LogP contribution in [0.5, 0.6) is 5.75 Å². The third-order valence-corrected chi connectivity index (χ3v) is 2.84. The normalized spacial score (nSPS) is 11.9. The molecule has 1 aromatic carbocycles. The van der Waals surface area contributed by atoms with Crippen LogP contribution in [0.15, 0.2) is 18.2 Å². The minimum absolute atomic E-state index is 0.0826. The highest BCUT2D eigenvalue weighted by molar-refractivity contribution is 6.49. The topological polar surface area (TPSA) is 9.23 Å². The van der Waals surface area contributed by atoms with Crippen molar-refractivity contribution in [3.8, 4) is 5.75 Å². The van der Waals surface area contributed by atoms with Gasteiger partial charge in [0.05, 0.1) is 0 Å². The summed E-state index contributed by atoms with van der Waals surface area (Å²) in [5, 5.41) is 0. The molecule has 0 aliphatic rings. The Morgan fingerprint density at radius 3 is 2.27 bits per heavy atom. The van der Waals surface area contributed by atoms with E-state index in [9.17, 15) is 4.39 Å². The van der Waals surface area contributed by atoms with Crippen molar-refractivity contribution in [3.05, 3.63) is 29.6 Å². The second kappa shape index (κ2) is 4.35. The second-order valence-corrected chi connectivity index (χ2v) is 7.37. The van der Waals surface area contributed by atoms with Crippen LogP contribution in [0.25, 0.3) is 0 Å². The predicted molar refractivity (Wildman–Crippen MR) is 64.6 cm³/mol. The van der Waals surface area contributed by atoms with Gasteiger partial charge in [0.15, 0.2) is 5.82 Å². The Morgan fingerprint density at radius 2 is 1.80 bits per heavy atom. The van der Waals surface area contributed by atoms with E-state index in [2.05, 4.69) is 20.8 Å². The first-order chi connectivity index (χ1) is 6.82. The SMILES string of the molecule is C[SiH](C)Oc1c(F)cccc1C(C)(C)C. The maximum Gasteiger partial charge on any atom is 0.229 e. The molecule has 0 aliphatic heterocycles. The molecule has 0 N–H and O–H groups in total. The standard InChI is InChI=1S/C12H19FOSi/c1-12(2,3)9-7-6-8-10(13)11(9)14-15(4)5/h6-8,15H,1-5H3. The highest BCUT2D eigenvalue weighted by atomic mass is 28.3. The van der Waals surface area contributed by atoms with Gasteiger partial charge < -0.3 is 4.43 Å². The molecule has 0 spiro atoms. The predicted octanol–water partition coefficient (Wildman–Crippen LogP) is 3.49. The molecule has 0 aliphatic carbocycles. The van der Waals surface area contributed by atoms with Gasteiger partial charge in [0.1, 0.15) is 5.75 Å². The Hall–Kier alpha value is -0.833. The molecule has 0 saturated heterocycles. The molecule has 1 rings (SSSR count). The van der Waals surface area contributed by atoms with Crippen molar-refractivity contribution in [2.75, 3.05) is 0 Å². The van der Waals surface area contributed by atoms with Gasteiger partial charge in [-0.3, -0.25) is 0 Å². The lowest BCUT2D eigenvalue weighted by atomic mass is 9.86. The molecule has 0 unspecified atom stereocenters. The zero-order valence-electron chi connectivity index (χ0n) is 10.1. The third-order valence-electron chi connectivity index (χ3n) is 2.13. The molecular formula is C12H19FOSi. The van der Waals surface area contributed by atoms with Gasteiger partial charge in [-0.1, -0.05) is 32.9 Å². The molecule has 0 heterocycles. The Morgan fingerprint density at radius 1 is 1.20 bits per heavy atom. The van der Waals surface area contributed by atoms with Crippen molar-refractivity contribution in [3.63, 3.8) is 0 Å². The molecule has 1 aromatic rings. The van der Waals surface area contributed by atoms with Crippen LogP contribution in [0.2, 0.25) is 13.1 Å². The van der Waals surface area contributed by atoms with Gasteiger partial charge in [-0.05, 0) is 24.6 Å². The van der Waals surface area contributed by atoms with Crippen molar-refractivity contribution in [1.82, 2.24) is 0 Å². The lowest BCUT2D eigenvalue weighted by molar-refractivity contribution is 0.475. The van der Waals surface area contributed by atoms with E-state index in [1.165, 1.54) is 6.07 Å². The number of rotatable bonds is 2. The first-order valence-corrected chi connectivity index (χ1v) is 8.06. The Balaban J connectivity index is 3.21. The van der Waals surface area contributed by atoms with Crippen molar-refractivity contribution >= 4 is 9.04 Å². The van der Waals surface area contributed by atoms with E-state index >= 15 is 0 Å². The highest BCUT2D eigenvalue weighted by Gasteiger charge is 2.21. The van der Waals surface area contributed by atoms with E-state index in [0.29, 0.717) is 5.75 Å². The Bertz CT molecular complexity index is 342. The van der Waals surface area contributed by atoms with Gasteiger partial charge in [0.25, 0.3) is 0 Å². The van der Waals surface area contributed by atoms with E-state index in [0.717, 1.165) is 5.56 Å². The van der Waals surface area contributed by atoms with Crippen molar-refractivity contribution in [2.45, 2.75) is 39.3 Å². The monoisotopic (exact) mass is 226 g/mol. The van der Waals surface area contributed by atoms with E-state index in [1.807, 2.05) is 19.2 Å². The van der Waals surface area contributed by atoms with E-state index < -0.39 is 9.04 Å². The van der Waals surface area contributed by atoms with Gasteiger partial charge in [-0.15, -0.1) is 0 Å². The first kappa shape index (κ1) is 12.2. The molecule has 0 amide bonds. The van der Waals surface area contributed by atoms with Crippen LogP contribution >= 0.6 is 0 Å². The number of halogens is 1. The van der Waals surface area contributed by atoms with Crippen molar-refractivity contribution < 1.29 is 8.82 Å². The summed E-state index contributed by atoms with van der Waals surface area (Å²) in [5.41, 5.74) is 0.865. The Labute approximate surface area is 93.0 Å². The minimum Gasteiger partial charge on any atom is -0.545 e. The minimum atomic E-state index is -1.27. The van der Waals surface area contributed by atoms with Crippen LogP contribution in [-0.2, 0) is 5.41 Å². The van der Waals surface area contributed by atoms with Crippen LogP contribution in [0.1, 0.15) is 26.3 Å². The molecule has 84 valence electrons. The number of para-hydroxylation sites is 1. The molecule has 0 fully saturated rings. The summed E-state index contributed by atoms with van der Waals surface area (Å²) in [5.74, 6) is 0.204. The zero-order chi connectivity index (χ0) is 11.6. The van der Waals surface area contributed by atoms with Crippen LogP contribution in [0.3, 0.4) is 0 Å². The number of benzene rings is 1. The van der Waals surface area contributed by atoms with Gasteiger partial charge in [0.2, 0.25) is 9.04 Å². The first-order valence-electron chi connectivity index (χ1n) is 5.28. The highest BCUT2D eigenvalue weighted by Crippen LogP contribution is 2.33. The van der Waals surface area contributed by atoms with Crippen molar-refractivity contribution in [2.24, 2.45) is 0 Å². The van der Waals surface area contributed by atoms with Crippen molar-refractivity contribution in [1.29, 1.82) is 0 Å². The average molecular weight is 226 g/mol. The lowest BCUT2D eigenvalue weighted by Crippen LogP contribution is -2.19. The summed E-state index contributed by atoms with van der Waals surface area (Å²) in [6.07, 6.45) is 0. The van der Waals surface area contributed by atoms with Crippen LogP contribution in [0.4, 0.5) is 4.39 Å². The fraction of sp³-hybridized carbons (Fsp3) is 0.500. The molecule has 3 heteroatoms. The van der Waals surface area contributed by atoms with Gasteiger partial charge in [-0.25, -0.2) is 4.39 Å². The largest absolute Gasteiger partial charge is 0.545 e. The van der Waals surface area contributed by atoms with Crippen LogP contribution in [-0.4, -0.2) is 9.04 Å². The summed E-state index contributed by atoms with van der Waals surface area (Å²) in [6, 6.07) is 5.14. The molecule has 15 heavy (non-hydrogen) atoms. The van der Waals surface area contributed by atoms with E-state index in [4.69, 9.17) is 4.43 Å². The molecule has 0 atom stereocenters. The molecule has 0 radical (unpaired) electrons. The van der Waals surface area contributed by atoms with Crippen LogP contribution in [0, 0.1) is 5.82 Å². The maximum absolute atomic E-state index is 13.6.